The van der Waals surface area contributed by atoms with Gasteiger partial charge < -0.3 is 4.57 Å². The largest absolute Gasteiger partial charge is 0.319 e. The van der Waals surface area contributed by atoms with Gasteiger partial charge in [-0.15, -0.1) is 10.2 Å². The molecule has 33 heavy (non-hydrogen) atoms. The number of rotatable bonds is 7. The molecule has 0 aliphatic heterocycles. The van der Waals surface area contributed by atoms with Crippen molar-refractivity contribution in [1.82, 2.24) is 40.4 Å². The van der Waals surface area contributed by atoms with Crippen molar-refractivity contribution in [2.45, 2.75) is 32.7 Å². The predicted octanol–water partition coefficient (Wildman–Crippen LogP) is 4.12. The molecule has 0 spiro atoms. The molecule has 0 saturated carbocycles. The van der Waals surface area contributed by atoms with Gasteiger partial charge in [0.2, 0.25) is 5.82 Å². The van der Waals surface area contributed by atoms with Crippen LogP contribution in [0.3, 0.4) is 0 Å². The summed E-state index contributed by atoms with van der Waals surface area (Å²) in [5.41, 5.74) is 4.80. The minimum atomic E-state index is -0.256. The number of unbranched alkanes of at least 4 members (excludes halogenated alkanes) is 1. The summed E-state index contributed by atoms with van der Waals surface area (Å²) in [6.07, 6.45) is 2.79. The Morgan fingerprint density at radius 2 is 1.76 bits per heavy atom. The van der Waals surface area contributed by atoms with Crippen molar-refractivity contribution in [3.8, 4) is 22.5 Å². The van der Waals surface area contributed by atoms with E-state index < -0.39 is 0 Å². The van der Waals surface area contributed by atoms with Crippen LogP contribution in [0.4, 0.5) is 0 Å². The van der Waals surface area contributed by atoms with Crippen molar-refractivity contribution < 1.29 is 0 Å². The maximum absolute atomic E-state index is 12.8. The number of fused-ring (bicyclic) bond motifs is 1. The van der Waals surface area contributed by atoms with Crippen LogP contribution >= 0.6 is 15.9 Å². The first-order valence-electron chi connectivity index (χ1n) is 10.7. The standard InChI is InChI=1S/C23H21BrN8O/c1-2-3-12-18-25-19-20(23(33)29-26-21(19)24)32(18)13-14-8-4-5-9-15(14)16-10-6-7-11-17(16)22-27-30-31-28-22/h4-11H,2-3,12-13H2,1H3,(H,29,33)(H,27,28,30,31). The number of H-pyrrole nitrogens is 2. The molecular formula is C23H21BrN8O. The Balaban J connectivity index is 1.67. The monoisotopic (exact) mass is 504 g/mol. The van der Waals surface area contributed by atoms with Crippen LogP contribution in [0, 0.1) is 0 Å². The summed E-state index contributed by atoms with van der Waals surface area (Å²) in [5, 5.41) is 21.2. The number of benzene rings is 2. The first kappa shape index (κ1) is 21.2. The molecule has 0 aliphatic rings. The molecule has 0 saturated heterocycles. The molecule has 0 fully saturated rings. The van der Waals surface area contributed by atoms with Crippen LogP contribution in [0.5, 0.6) is 0 Å². The normalized spacial score (nSPS) is 11.3. The molecule has 2 N–H and O–H groups in total. The second-order valence-electron chi connectivity index (χ2n) is 7.70. The first-order valence-corrected chi connectivity index (χ1v) is 11.5. The average Bonchev–Trinajstić information content (AvgIpc) is 3.50. The highest BCUT2D eigenvalue weighted by Gasteiger charge is 2.19. The van der Waals surface area contributed by atoms with Gasteiger partial charge >= 0.3 is 0 Å². The van der Waals surface area contributed by atoms with Gasteiger partial charge in [-0.1, -0.05) is 61.9 Å². The molecule has 0 bridgehead atoms. The van der Waals surface area contributed by atoms with E-state index in [1.165, 1.54) is 0 Å². The molecule has 0 aliphatic carbocycles. The summed E-state index contributed by atoms with van der Waals surface area (Å²) >= 11 is 3.44. The van der Waals surface area contributed by atoms with Crippen LogP contribution in [0.25, 0.3) is 33.5 Å². The Bertz CT molecular complexity index is 1470. The van der Waals surface area contributed by atoms with Crippen LogP contribution in [0.1, 0.15) is 31.2 Å². The van der Waals surface area contributed by atoms with E-state index in [4.69, 9.17) is 4.98 Å². The van der Waals surface area contributed by atoms with Crippen molar-refractivity contribution in [1.29, 1.82) is 0 Å². The number of aromatic nitrogens is 8. The molecule has 5 rings (SSSR count). The van der Waals surface area contributed by atoms with Gasteiger partial charge in [-0.25, -0.2) is 10.1 Å². The smallest absolute Gasteiger partial charge is 0.290 e. The molecule has 0 unspecified atom stereocenters. The summed E-state index contributed by atoms with van der Waals surface area (Å²) < 4.78 is 2.54. The summed E-state index contributed by atoms with van der Waals surface area (Å²) in [5.74, 6) is 1.40. The number of aromatic amines is 2. The van der Waals surface area contributed by atoms with Crippen molar-refractivity contribution in [2.75, 3.05) is 0 Å². The summed E-state index contributed by atoms with van der Waals surface area (Å²) in [6.45, 7) is 2.63. The highest BCUT2D eigenvalue weighted by Crippen LogP contribution is 2.33. The molecule has 0 atom stereocenters. The minimum Gasteiger partial charge on any atom is -0.319 e. The van der Waals surface area contributed by atoms with Gasteiger partial charge in [0.1, 0.15) is 16.9 Å². The quantitative estimate of drug-likeness (QED) is 0.344. The van der Waals surface area contributed by atoms with E-state index in [2.05, 4.69) is 65.8 Å². The molecule has 10 heteroatoms. The molecule has 0 radical (unpaired) electrons. The Morgan fingerprint density at radius 1 is 1.00 bits per heavy atom. The highest BCUT2D eigenvalue weighted by atomic mass is 79.9. The zero-order valence-electron chi connectivity index (χ0n) is 17.9. The molecular weight excluding hydrogens is 484 g/mol. The summed E-state index contributed by atoms with van der Waals surface area (Å²) in [6, 6.07) is 16.1. The first-order chi connectivity index (χ1) is 16.2. The van der Waals surface area contributed by atoms with E-state index in [0.29, 0.717) is 28.0 Å². The van der Waals surface area contributed by atoms with Crippen molar-refractivity contribution in [3.05, 3.63) is 74.9 Å². The Morgan fingerprint density at radius 3 is 2.52 bits per heavy atom. The van der Waals surface area contributed by atoms with Crippen LogP contribution in [-0.2, 0) is 13.0 Å². The zero-order chi connectivity index (χ0) is 22.8. The van der Waals surface area contributed by atoms with E-state index >= 15 is 0 Å². The van der Waals surface area contributed by atoms with E-state index in [1.807, 2.05) is 41.0 Å². The predicted molar refractivity (Wildman–Crippen MR) is 129 cm³/mol. The van der Waals surface area contributed by atoms with Gasteiger partial charge in [0, 0.05) is 12.0 Å². The van der Waals surface area contributed by atoms with Gasteiger partial charge in [0.25, 0.3) is 5.56 Å². The van der Waals surface area contributed by atoms with E-state index in [1.54, 1.807) is 0 Å². The zero-order valence-corrected chi connectivity index (χ0v) is 19.5. The fourth-order valence-corrected chi connectivity index (χ4v) is 4.42. The topological polar surface area (TPSA) is 118 Å². The van der Waals surface area contributed by atoms with E-state index in [9.17, 15) is 4.79 Å². The second kappa shape index (κ2) is 9.07. The minimum absolute atomic E-state index is 0.256. The number of tetrazole rings is 1. The van der Waals surface area contributed by atoms with Crippen LogP contribution < -0.4 is 5.56 Å². The Kier molecular flexibility index (Phi) is 5.82. The van der Waals surface area contributed by atoms with Crippen LogP contribution in [0.15, 0.2) is 57.9 Å². The maximum atomic E-state index is 12.8. The fourth-order valence-electron chi connectivity index (χ4n) is 4.06. The Hall–Kier alpha value is -3.66. The lowest BCUT2D eigenvalue weighted by atomic mass is 9.95. The van der Waals surface area contributed by atoms with E-state index in [0.717, 1.165) is 47.3 Å². The van der Waals surface area contributed by atoms with Gasteiger partial charge in [0.05, 0.1) is 6.54 Å². The van der Waals surface area contributed by atoms with Crippen LogP contribution in [0.2, 0.25) is 0 Å². The lowest BCUT2D eigenvalue weighted by Gasteiger charge is -2.15. The van der Waals surface area contributed by atoms with Crippen molar-refractivity contribution >= 4 is 27.0 Å². The maximum Gasteiger partial charge on any atom is 0.290 e. The Labute approximate surface area is 197 Å². The number of hydrogen-bond acceptors (Lipinski definition) is 6. The molecule has 3 aromatic heterocycles. The molecule has 9 nitrogen and oxygen atoms in total. The SMILES string of the molecule is CCCCc1nc2c(Br)n[nH]c(=O)c2n1Cc1ccccc1-c1ccccc1-c1nn[nH]n1. The van der Waals surface area contributed by atoms with Crippen molar-refractivity contribution in [3.63, 3.8) is 0 Å². The van der Waals surface area contributed by atoms with E-state index in [-0.39, 0.29) is 5.56 Å². The van der Waals surface area contributed by atoms with Crippen LogP contribution in [-0.4, -0.2) is 40.4 Å². The molecule has 3 heterocycles. The molecule has 0 amide bonds. The molecule has 2 aromatic carbocycles. The van der Waals surface area contributed by atoms with Gasteiger partial charge in [-0.3, -0.25) is 4.79 Å². The third-order valence-corrected chi connectivity index (χ3v) is 6.17. The number of hydrogen-bond donors (Lipinski definition) is 2. The highest BCUT2D eigenvalue weighted by molar-refractivity contribution is 9.10. The van der Waals surface area contributed by atoms with Gasteiger partial charge in [0.15, 0.2) is 4.60 Å². The average molecular weight is 505 g/mol. The number of nitrogens with one attached hydrogen (secondary N) is 2. The van der Waals surface area contributed by atoms with Gasteiger partial charge in [-0.05, 0) is 44.3 Å². The molecule has 5 aromatic rings. The second-order valence-corrected chi connectivity index (χ2v) is 8.45. The lowest BCUT2D eigenvalue weighted by molar-refractivity contribution is 0.689. The fraction of sp³-hybridized carbons (Fsp3) is 0.217. The number of aryl methyl sites for hydroxylation is 1. The third-order valence-electron chi connectivity index (χ3n) is 5.62. The number of halogens is 1. The third kappa shape index (κ3) is 3.97. The number of nitrogens with zero attached hydrogens (tertiary/aromatic N) is 6. The van der Waals surface area contributed by atoms with Crippen molar-refractivity contribution in [2.24, 2.45) is 0 Å². The summed E-state index contributed by atoms with van der Waals surface area (Å²) in [4.78, 5) is 17.5. The van der Waals surface area contributed by atoms with Gasteiger partial charge in [-0.2, -0.15) is 10.3 Å². The lowest BCUT2D eigenvalue weighted by Crippen LogP contribution is -2.15. The molecule has 166 valence electrons. The summed E-state index contributed by atoms with van der Waals surface area (Å²) in [7, 11) is 0. The number of imidazole rings is 1.